The maximum atomic E-state index is 12.5. The minimum Gasteiger partial charge on any atom is -0.507 e. The van der Waals surface area contributed by atoms with E-state index in [2.05, 4.69) is 69.8 Å². The van der Waals surface area contributed by atoms with E-state index in [1.165, 1.54) is 0 Å². The smallest absolute Gasteiger partial charge is 0.128 e. The second-order valence-electron chi connectivity index (χ2n) is 18.4. The van der Waals surface area contributed by atoms with Crippen LogP contribution in [0.5, 0.6) is 23.0 Å². The maximum absolute atomic E-state index is 12.5. The fraction of sp³-hybridized carbons (Fsp3) is 0.286. The molecule has 1 heterocycles. The van der Waals surface area contributed by atoms with E-state index in [-0.39, 0.29) is 47.2 Å². The standard InChI is InChI=1S/C56H56N4O4/c61-53-37-25-33-13-1-5-17-41(33)49(53)50-42-18-6-2-14-34(42)26-38(54(50)62)30-58-47-23-11-12-24-48(47)60-32-40-28-36-16-4-8-20-44(36)52(56(40)64)51-43-19-7-3-15-35(43)27-39(55(51)63)31-59-46-22-10-9-21-45(46)57-29-37/h1-8,13-20,25-28,45-48,57-64H,9-12,21-24,29-32H2/t45-,46-,47-,48-/m1/s1. The number of hydrogen-bond donors (Lipinski definition) is 8. The van der Waals surface area contributed by atoms with E-state index in [0.717, 1.165) is 117 Å². The molecule has 0 amide bonds. The summed E-state index contributed by atoms with van der Waals surface area (Å²) in [5, 5.41) is 72.8. The van der Waals surface area contributed by atoms with Crippen LogP contribution in [0.2, 0.25) is 0 Å². The van der Waals surface area contributed by atoms with Crippen molar-refractivity contribution in [1.29, 1.82) is 0 Å². The topological polar surface area (TPSA) is 129 Å². The third-order valence-electron chi connectivity index (χ3n) is 14.7. The van der Waals surface area contributed by atoms with E-state index < -0.39 is 0 Å². The molecule has 8 aromatic carbocycles. The molecule has 64 heavy (non-hydrogen) atoms. The Labute approximate surface area is 374 Å². The third-order valence-corrected chi connectivity index (χ3v) is 14.7. The summed E-state index contributed by atoms with van der Waals surface area (Å²) in [6.07, 6.45) is 8.25. The van der Waals surface area contributed by atoms with Crippen LogP contribution in [0.15, 0.2) is 121 Å². The molecule has 2 fully saturated rings. The van der Waals surface area contributed by atoms with Crippen molar-refractivity contribution < 1.29 is 20.4 Å². The van der Waals surface area contributed by atoms with E-state index >= 15 is 0 Å². The zero-order chi connectivity index (χ0) is 43.3. The fourth-order valence-corrected chi connectivity index (χ4v) is 11.3. The van der Waals surface area contributed by atoms with Crippen molar-refractivity contribution in [3.63, 3.8) is 0 Å². The Hall–Kier alpha value is -6.16. The quantitative estimate of drug-likeness (QED) is 0.0758. The molecule has 3 aliphatic rings. The predicted molar refractivity (Wildman–Crippen MR) is 260 cm³/mol. The van der Waals surface area contributed by atoms with Gasteiger partial charge >= 0.3 is 0 Å². The fourth-order valence-electron chi connectivity index (χ4n) is 11.3. The molecule has 8 heteroatoms. The zero-order valence-corrected chi connectivity index (χ0v) is 36.1. The minimum atomic E-state index is 0.111. The lowest BCUT2D eigenvalue weighted by Gasteiger charge is -2.34. The first-order valence-electron chi connectivity index (χ1n) is 23.3. The van der Waals surface area contributed by atoms with Gasteiger partial charge in [-0.3, -0.25) is 0 Å². The van der Waals surface area contributed by atoms with Crippen LogP contribution < -0.4 is 21.3 Å². The number of phenols is 4. The number of hydrogen-bond acceptors (Lipinski definition) is 8. The molecule has 324 valence electrons. The minimum absolute atomic E-state index is 0.111. The van der Waals surface area contributed by atoms with Crippen LogP contribution in [-0.4, -0.2) is 44.6 Å². The van der Waals surface area contributed by atoms with Gasteiger partial charge in [-0.25, -0.2) is 0 Å². The number of aromatic hydroxyl groups is 4. The van der Waals surface area contributed by atoms with Gasteiger partial charge in [-0.2, -0.15) is 0 Å². The lowest BCUT2D eigenvalue weighted by Crippen LogP contribution is -2.49. The highest BCUT2D eigenvalue weighted by atomic mass is 16.3. The molecule has 0 radical (unpaired) electrons. The van der Waals surface area contributed by atoms with Crippen LogP contribution in [0.25, 0.3) is 65.3 Å². The van der Waals surface area contributed by atoms with Gasteiger partial charge in [0.05, 0.1) is 0 Å². The molecule has 1 aliphatic heterocycles. The molecule has 8 nitrogen and oxygen atoms in total. The summed E-state index contributed by atoms with van der Waals surface area (Å²) in [4.78, 5) is 0. The number of benzene rings is 8. The van der Waals surface area contributed by atoms with Gasteiger partial charge in [0.25, 0.3) is 0 Å². The SMILES string of the molecule is Oc1c2cc3ccccc3c1-c1c(O)c(cc3ccccc13)CN[C@@H]1CCCC[C@H]1NCc1cc3ccccc3c(c1O)-c1c(O)c(cc3ccccc13)CN[C@@H]1CCCC[C@H]1NC2. The summed E-state index contributed by atoms with van der Waals surface area (Å²) in [5.41, 5.74) is 5.70. The average Bonchev–Trinajstić information content (AvgIpc) is 3.32. The van der Waals surface area contributed by atoms with Crippen molar-refractivity contribution in [2.45, 2.75) is 102 Å². The molecule has 2 saturated carbocycles. The highest BCUT2D eigenvalue weighted by molar-refractivity contribution is 6.12. The number of fused-ring (bicyclic) bond motifs is 20. The van der Waals surface area contributed by atoms with E-state index in [1.54, 1.807) is 0 Å². The van der Waals surface area contributed by atoms with Crippen LogP contribution in [-0.2, 0) is 26.2 Å². The van der Waals surface area contributed by atoms with Crippen molar-refractivity contribution in [2.24, 2.45) is 0 Å². The van der Waals surface area contributed by atoms with Gasteiger partial charge in [0.15, 0.2) is 0 Å². The van der Waals surface area contributed by atoms with Crippen molar-refractivity contribution in [1.82, 2.24) is 21.3 Å². The predicted octanol–water partition coefficient (Wildman–Crippen LogP) is 11.2. The third kappa shape index (κ3) is 7.28. The largest absolute Gasteiger partial charge is 0.507 e. The highest BCUT2D eigenvalue weighted by Crippen LogP contribution is 2.49. The molecular weight excluding hydrogens is 793 g/mol. The second kappa shape index (κ2) is 17.1. The number of phenolic OH excluding ortho intramolecular Hbond substituents is 4. The molecule has 0 aromatic heterocycles. The molecule has 11 rings (SSSR count). The first-order chi connectivity index (χ1) is 31.4. The molecular formula is C56H56N4O4. The first kappa shape index (κ1) is 40.6. The summed E-state index contributed by atoms with van der Waals surface area (Å²) in [5.74, 6) is 0.706. The molecule has 0 unspecified atom stereocenters. The Morgan fingerprint density at radius 3 is 0.766 bits per heavy atom. The van der Waals surface area contributed by atoms with Gasteiger partial charge in [-0.15, -0.1) is 0 Å². The van der Waals surface area contributed by atoms with Crippen molar-refractivity contribution in [2.75, 3.05) is 0 Å². The monoisotopic (exact) mass is 848 g/mol. The Kier molecular flexibility index (Phi) is 10.8. The molecule has 8 aromatic rings. The van der Waals surface area contributed by atoms with Gasteiger partial charge in [0, 0.05) is 94.9 Å². The van der Waals surface area contributed by atoms with Crippen LogP contribution in [0.3, 0.4) is 0 Å². The molecule has 8 bridgehead atoms. The number of nitrogens with one attached hydrogen (secondary N) is 4. The number of rotatable bonds is 0. The van der Waals surface area contributed by atoms with Crippen LogP contribution in [0, 0.1) is 0 Å². The van der Waals surface area contributed by atoms with Gasteiger partial charge in [0.1, 0.15) is 23.0 Å². The maximum Gasteiger partial charge on any atom is 0.128 e. The van der Waals surface area contributed by atoms with E-state index in [1.807, 2.05) is 72.8 Å². The zero-order valence-electron chi connectivity index (χ0n) is 36.1. The normalized spacial score (nSPS) is 21.0. The summed E-state index contributed by atoms with van der Waals surface area (Å²) in [7, 11) is 0. The summed E-state index contributed by atoms with van der Waals surface area (Å²) >= 11 is 0. The average molecular weight is 849 g/mol. The van der Waals surface area contributed by atoms with Crippen LogP contribution in [0.1, 0.15) is 73.6 Å². The Morgan fingerprint density at radius 2 is 0.531 bits per heavy atom. The van der Waals surface area contributed by atoms with E-state index in [0.29, 0.717) is 48.4 Å². The first-order valence-corrected chi connectivity index (χ1v) is 23.3. The molecule has 0 spiro atoms. The molecule has 8 N–H and O–H groups in total. The van der Waals surface area contributed by atoms with Crippen molar-refractivity contribution in [3.8, 4) is 45.3 Å². The van der Waals surface area contributed by atoms with Crippen molar-refractivity contribution in [3.05, 3.63) is 144 Å². The highest BCUT2D eigenvalue weighted by Gasteiger charge is 2.30. The molecule has 2 aliphatic carbocycles. The Balaban J connectivity index is 1.07. The lowest BCUT2D eigenvalue weighted by atomic mass is 9.87. The van der Waals surface area contributed by atoms with Gasteiger partial charge in [-0.1, -0.05) is 123 Å². The molecule has 0 saturated heterocycles. The van der Waals surface area contributed by atoms with Crippen LogP contribution in [0.4, 0.5) is 0 Å². The van der Waals surface area contributed by atoms with E-state index in [9.17, 15) is 20.4 Å². The van der Waals surface area contributed by atoms with Gasteiger partial charge in [-0.05, 0) is 93.0 Å². The summed E-state index contributed by atoms with van der Waals surface area (Å²) in [6, 6.07) is 41.4. The Bertz CT molecular complexity index is 2660. The van der Waals surface area contributed by atoms with Crippen LogP contribution >= 0.6 is 0 Å². The Morgan fingerprint density at radius 1 is 0.312 bits per heavy atom. The summed E-state index contributed by atoms with van der Waals surface area (Å²) in [6.45, 7) is 1.76. The van der Waals surface area contributed by atoms with Crippen molar-refractivity contribution >= 4 is 43.1 Å². The summed E-state index contributed by atoms with van der Waals surface area (Å²) < 4.78 is 0. The van der Waals surface area contributed by atoms with Gasteiger partial charge in [0.2, 0.25) is 0 Å². The second-order valence-corrected chi connectivity index (χ2v) is 18.4. The van der Waals surface area contributed by atoms with E-state index in [4.69, 9.17) is 0 Å². The molecule has 4 atom stereocenters. The lowest BCUT2D eigenvalue weighted by molar-refractivity contribution is 0.279. The van der Waals surface area contributed by atoms with Gasteiger partial charge < -0.3 is 41.7 Å².